The van der Waals surface area contributed by atoms with Crippen molar-refractivity contribution in [1.82, 2.24) is 0 Å². The Morgan fingerprint density at radius 3 is 1.00 bits per heavy atom. The molecule has 35 heavy (non-hydrogen) atoms. The first-order valence-corrected chi connectivity index (χ1v) is 13.3. The summed E-state index contributed by atoms with van der Waals surface area (Å²) in [5.41, 5.74) is 11.9. The Balaban J connectivity index is 1.25. The van der Waals surface area contributed by atoms with Gasteiger partial charge in [-0.05, 0) is 75.6 Å². The first kappa shape index (κ1) is 22.4. The van der Waals surface area contributed by atoms with Crippen molar-refractivity contribution in [3.63, 3.8) is 0 Å². The summed E-state index contributed by atoms with van der Waals surface area (Å²) in [7, 11) is 0. The lowest BCUT2D eigenvalue weighted by Crippen LogP contribution is -2.27. The van der Waals surface area contributed by atoms with Gasteiger partial charge in [0, 0.05) is 10.8 Å². The van der Waals surface area contributed by atoms with E-state index in [1.165, 1.54) is 63.8 Å². The first-order valence-electron chi connectivity index (χ1n) is 13.3. The number of fused-ring (bicyclic) bond motifs is 6. The van der Waals surface area contributed by atoms with Crippen LogP contribution in [0.3, 0.4) is 0 Å². The third-order valence-corrected chi connectivity index (χ3v) is 8.98. The Kier molecular flexibility index (Phi) is 5.26. The van der Waals surface area contributed by atoms with Gasteiger partial charge >= 0.3 is 0 Å². The highest BCUT2D eigenvalue weighted by molar-refractivity contribution is 5.81. The molecule has 0 heterocycles. The Labute approximate surface area is 211 Å². The summed E-state index contributed by atoms with van der Waals surface area (Å²) < 4.78 is 0. The highest BCUT2D eigenvalue weighted by atomic mass is 14.4. The van der Waals surface area contributed by atoms with Crippen molar-refractivity contribution in [2.24, 2.45) is 11.8 Å². The average molecular weight is 457 g/mol. The van der Waals surface area contributed by atoms with Gasteiger partial charge in [-0.15, -0.1) is 0 Å². The van der Waals surface area contributed by atoms with E-state index in [0.29, 0.717) is 11.8 Å². The molecule has 2 aliphatic rings. The zero-order valence-corrected chi connectivity index (χ0v) is 21.5. The van der Waals surface area contributed by atoms with Crippen LogP contribution in [0, 0.1) is 11.8 Å². The molecule has 0 nitrogen and oxygen atoms in total. The maximum atomic E-state index is 2.48. The first-order chi connectivity index (χ1) is 16.9. The van der Waals surface area contributed by atoms with Crippen LogP contribution >= 0.6 is 0 Å². The lowest BCUT2D eigenvalue weighted by atomic mass is 9.69. The van der Waals surface area contributed by atoms with Crippen LogP contribution in [0.1, 0.15) is 69.2 Å². The molecule has 0 heteroatoms. The molecule has 0 spiro atoms. The predicted octanol–water partition coefficient (Wildman–Crippen LogP) is 9.40. The van der Waals surface area contributed by atoms with Gasteiger partial charge in [-0.2, -0.15) is 0 Å². The number of hydrogen-bond donors (Lipinski definition) is 0. The fourth-order valence-electron chi connectivity index (χ4n) is 7.77. The molecule has 0 unspecified atom stereocenters. The Bertz CT molecular complexity index is 1190. The van der Waals surface area contributed by atoms with Gasteiger partial charge in [-0.25, -0.2) is 0 Å². The van der Waals surface area contributed by atoms with Crippen molar-refractivity contribution in [3.8, 4) is 22.3 Å². The van der Waals surface area contributed by atoms with Crippen LogP contribution in [0.25, 0.3) is 22.3 Å². The van der Waals surface area contributed by atoms with Gasteiger partial charge in [0.25, 0.3) is 0 Å². The lowest BCUT2D eigenvalue weighted by Gasteiger charge is -2.34. The van der Waals surface area contributed by atoms with Crippen molar-refractivity contribution in [2.45, 2.75) is 57.8 Å². The Hall–Kier alpha value is -3.12. The minimum absolute atomic E-state index is 0.0861. The van der Waals surface area contributed by atoms with Gasteiger partial charge in [0.15, 0.2) is 0 Å². The number of hydrogen-bond acceptors (Lipinski definition) is 0. The molecular weight excluding hydrogens is 420 g/mol. The molecule has 6 rings (SSSR count). The van der Waals surface area contributed by atoms with Crippen molar-refractivity contribution < 1.29 is 0 Å². The summed E-state index contributed by atoms with van der Waals surface area (Å²) in [6.07, 6.45) is 3.63. The van der Waals surface area contributed by atoms with E-state index in [1.807, 2.05) is 0 Å². The third-order valence-electron chi connectivity index (χ3n) is 8.98. The monoisotopic (exact) mass is 456 g/mol. The molecule has 2 atom stereocenters. The quantitative estimate of drug-likeness (QED) is 0.271. The highest BCUT2D eigenvalue weighted by Crippen LogP contribution is 2.54. The molecule has 0 bridgehead atoms. The van der Waals surface area contributed by atoms with E-state index < -0.39 is 0 Å². The van der Waals surface area contributed by atoms with Crippen LogP contribution in [-0.4, -0.2) is 0 Å². The molecule has 0 aliphatic heterocycles. The number of benzene rings is 4. The molecule has 0 amide bonds. The van der Waals surface area contributed by atoms with Gasteiger partial charge in [-0.3, -0.25) is 0 Å². The van der Waals surface area contributed by atoms with E-state index in [1.54, 1.807) is 0 Å². The van der Waals surface area contributed by atoms with Crippen LogP contribution < -0.4 is 0 Å². The summed E-state index contributed by atoms with van der Waals surface area (Å²) in [5.74, 6) is 1.29. The molecule has 0 radical (unpaired) electrons. The van der Waals surface area contributed by atoms with Crippen LogP contribution in [0.5, 0.6) is 0 Å². The zero-order chi connectivity index (χ0) is 24.2. The second-order valence-electron chi connectivity index (χ2n) is 11.7. The van der Waals surface area contributed by atoms with Crippen molar-refractivity contribution in [2.75, 3.05) is 0 Å². The zero-order valence-electron chi connectivity index (χ0n) is 21.5. The van der Waals surface area contributed by atoms with E-state index in [9.17, 15) is 0 Å². The van der Waals surface area contributed by atoms with Crippen molar-refractivity contribution in [3.05, 3.63) is 119 Å². The predicted molar refractivity (Wildman–Crippen MR) is 149 cm³/mol. The summed E-state index contributed by atoms with van der Waals surface area (Å²) in [4.78, 5) is 0. The fourth-order valence-corrected chi connectivity index (χ4v) is 7.77. The van der Waals surface area contributed by atoms with Crippen LogP contribution in [0.2, 0.25) is 0 Å². The maximum absolute atomic E-state index is 2.48. The minimum atomic E-state index is 0.0861. The van der Waals surface area contributed by atoms with E-state index in [4.69, 9.17) is 0 Å². The molecule has 0 saturated heterocycles. The molecule has 176 valence electrons. The molecule has 0 aromatic heterocycles. The van der Waals surface area contributed by atoms with E-state index >= 15 is 0 Å². The van der Waals surface area contributed by atoms with Gasteiger partial charge in [0.2, 0.25) is 0 Å². The molecule has 4 aromatic rings. The van der Waals surface area contributed by atoms with Gasteiger partial charge in [0.1, 0.15) is 0 Å². The number of rotatable bonds is 6. The summed E-state index contributed by atoms with van der Waals surface area (Å²) in [5, 5.41) is 0. The lowest BCUT2D eigenvalue weighted by molar-refractivity contribution is 0.303. The van der Waals surface area contributed by atoms with E-state index in [0.717, 1.165) is 0 Å². The maximum Gasteiger partial charge on any atom is 0.0189 e. The van der Waals surface area contributed by atoms with Crippen molar-refractivity contribution in [1.29, 1.82) is 0 Å². The van der Waals surface area contributed by atoms with Gasteiger partial charge in [-0.1, -0.05) is 125 Å². The molecule has 4 aromatic carbocycles. The van der Waals surface area contributed by atoms with Crippen LogP contribution in [0.15, 0.2) is 97.1 Å². The van der Waals surface area contributed by atoms with Crippen LogP contribution in [0.4, 0.5) is 0 Å². The second-order valence-corrected chi connectivity index (χ2v) is 11.7. The third kappa shape index (κ3) is 3.41. The Morgan fingerprint density at radius 1 is 0.457 bits per heavy atom. The largest absolute Gasteiger partial charge is 0.0625 e. The summed E-state index contributed by atoms with van der Waals surface area (Å²) in [6, 6.07) is 36.3. The molecule has 0 N–H and O–H groups in total. The topological polar surface area (TPSA) is 0 Å². The SMILES string of the molecule is C[C@@H](C[C@H](C)CC1(C)c2ccccc2-c2ccccc21)CC1(C)c2ccccc2-c2ccccc21. The Morgan fingerprint density at radius 2 is 0.714 bits per heavy atom. The second kappa shape index (κ2) is 8.23. The molecule has 0 saturated carbocycles. The molecular formula is C35H36. The molecule has 0 fully saturated rings. The average Bonchev–Trinajstić information content (AvgIpc) is 3.26. The highest BCUT2D eigenvalue weighted by Gasteiger charge is 2.42. The van der Waals surface area contributed by atoms with Gasteiger partial charge in [0.05, 0.1) is 0 Å². The molecule has 2 aliphatic carbocycles. The smallest absolute Gasteiger partial charge is 0.0189 e. The van der Waals surface area contributed by atoms with Crippen LogP contribution in [-0.2, 0) is 10.8 Å². The fraction of sp³-hybridized carbons (Fsp3) is 0.314. The van der Waals surface area contributed by atoms with E-state index in [2.05, 4.69) is 125 Å². The normalized spacial score (nSPS) is 17.7. The van der Waals surface area contributed by atoms with E-state index in [-0.39, 0.29) is 10.8 Å². The van der Waals surface area contributed by atoms with Crippen molar-refractivity contribution >= 4 is 0 Å². The van der Waals surface area contributed by atoms with Gasteiger partial charge < -0.3 is 0 Å². The standard InChI is InChI=1S/C35H36/c1-24(22-34(3)30-17-9-5-13-26(30)27-14-6-10-18-31(27)34)21-25(2)23-35(4)32-19-11-7-15-28(32)29-16-8-12-20-33(29)35/h5-20,24-25H,21-23H2,1-4H3/t24-,25-/m0/s1. The minimum Gasteiger partial charge on any atom is -0.0625 e. The summed E-state index contributed by atoms with van der Waals surface area (Å²) in [6.45, 7) is 9.90. The summed E-state index contributed by atoms with van der Waals surface area (Å²) >= 11 is 0.